The Morgan fingerprint density at radius 3 is 2.43 bits per heavy atom. The molecular weight excluding hydrogens is 459 g/mol. The average Bonchev–Trinajstić information content (AvgIpc) is 3.49. The number of nitrogens with zero attached hydrogens (tertiary/aromatic N) is 4. The normalized spacial score (nSPS) is 21.1. The lowest BCUT2D eigenvalue weighted by Crippen LogP contribution is -2.41. The zero-order valence-electron chi connectivity index (χ0n) is 19.7. The van der Waals surface area contributed by atoms with Gasteiger partial charge in [-0.2, -0.15) is 18.4 Å². The van der Waals surface area contributed by atoms with E-state index in [4.69, 9.17) is 5.26 Å². The van der Waals surface area contributed by atoms with Crippen molar-refractivity contribution < 1.29 is 22.8 Å². The molecule has 7 nitrogen and oxygen atoms in total. The number of carbonyl (C=O) groups excluding carboxylic acids is 2. The van der Waals surface area contributed by atoms with Gasteiger partial charge in [0, 0.05) is 52.2 Å². The average molecular weight is 488 g/mol. The molecule has 0 radical (unpaired) electrons. The van der Waals surface area contributed by atoms with Crippen molar-refractivity contribution in [2.45, 2.75) is 19.0 Å². The summed E-state index contributed by atoms with van der Waals surface area (Å²) in [4.78, 5) is 29.4. The summed E-state index contributed by atoms with van der Waals surface area (Å²) in [5, 5.41) is 11.8. The largest absolute Gasteiger partial charge is 0.417 e. The Bertz CT molecular complexity index is 1140. The highest BCUT2D eigenvalue weighted by atomic mass is 19.4. The van der Waals surface area contributed by atoms with Crippen molar-refractivity contribution >= 4 is 17.5 Å². The molecule has 2 aromatic rings. The summed E-state index contributed by atoms with van der Waals surface area (Å²) in [7, 11) is 3.40. The zero-order valence-corrected chi connectivity index (χ0v) is 19.7. The van der Waals surface area contributed by atoms with E-state index in [1.165, 1.54) is 6.07 Å². The fraction of sp³-hybridized carbons (Fsp3) is 0.480. The number of hydrogen-bond acceptors (Lipinski definition) is 4. The van der Waals surface area contributed by atoms with Gasteiger partial charge in [-0.25, -0.2) is 0 Å². The number of amides is 2. The number of aryl methyl sites for hydroxylation is 1. The fourth-order valence-electron chi connectivity index (χ4n) is 5.43. The van der Waals surface area contributed by atoms with Crippen molar-refractivity contribution in [2.75, 3.05) is 38.1 Å². The minimum Gasteiger partial charge on any atom is -0.372 e. The first-order chi connectivity index (χ1) is 16.6. The minimum atomic E-state index is -4.60. The molecule has 2 fully saturated rings. The highest BCUT2D eigenvalue weighted by Crippen LogP contribution is 2.39. The van der Waals surface area contributed by atoms with E-state index in [-0.39, 0.29) is 29.6 Å². The van der Waals surface area contributed by atoms with Gasteiger partial charge in [0.25, 0.3) is 5.91 Å². The molecule has 0 unspecified atom stereocenters. The highest BCUT2D eigenvalue weighted by molar-refractivity contribution is 5.93. The van der Waals surface area contributed by atoms with Crippen LogP contribution in [0.1, 0.15) is 34.5 Å². The van der Waals surface area contributed by atoms with Crippen molar-refractivity contribution in [1.82, 2.24) is 14.8 Å². The van der Waals surface area contributed by atoms with Crippen molar-refractivity contribution in [3.63, 3.8) is 0 Å². The monoisotopic (exact) mass is 487 g/mol. The number of benzene rings is 1. The predicted octanol–water partition coefficient (Wildman–Crippen LogP) is 3.27. The molecule has 1 N–H and O–H groups in total. The Balaban J connectivity index is 1.48. The lowest BCUT2D eigenvalue weighted by atomic mass is 9.78. The van der Waals surface area contributed by atoms with E-state index >= 15 is 0 Å². The standard InChI is InChI=1S/C25H28F3N5O2/c1-30-23(34)20-15-33(24(35)22-4-3-9-31(22)2)14-19(20)16-7-10-32(11-8-16)18-6-5-17(13-29)21(12-18)25(26,27)28/h3-6,9,12,16,19-20H,7-8,10-11,14-15H2,1-2H3,(H,30,34)/t19-,20+/m0/s1. The zero-order chi connectivity index (χ0) is 25.3. The number of alkyl halides is 3. The Morgan fingerprint density at radius 2 is 1.86 bits per heavy atom. The number of carbonyl (C=O) groups is 2. The molecule has 2 atom stereocenters. The summed E-state index contributed by atoms with van der Waals surface area (Å²) in [5.74, 6) is -0.383. The molecule has 1 aromatic heterocycles. The molecule has 0 bridgehead atoms. The summed E-state index contributed by atoms with van der Waals surface area (Å²) in [6.45, 7) is 1.90. The Hall–Kier alpha value is -3.48. The van der Waals surface area contributed by atoms with Crippen molar-refractivity contribution in [3.8, 4) is 6.07 Å². The van der Waals surface area contributed by atoms with E-state index in [2.05, 4.69) is 5.32 Å². The van der Waals surface area contributed by atoms with E-state index in [0.717, 1.165) is 6.07 Å². The molecule has 3 heterocycles. The number of anilines is 1. The molecule has 0 spiro atoms. The van der Waals surface area contributed by atoms with Crippen LogP contribution in [-0.2, 0) is 18.0 Å². The second-order valence-electron chi connectivity index (χ2n) is 9.26. The first kappa shape index (κ1) is 24.6. The number of rotatable bonds is 4. The van der Waals surface area contributed by atoms with Gasteiger partial charge >= 0.3 is 6.18 Å². The summed E-state index contributed by atoms with van der Waals surface area (Å²) in [6, 6.07) is 8.99. The van der Waals surface area contributed by atoms with E-state index in [1.54, 1.807) is 54.0 Å². The van der Waals surface area contributed by atoms with Crippen LogP contribution >= 0.6 is 0 Å². The second-order valence-corrected chi connectivity index (χ2v) is 9.26. The van der Waals surface area contributed by atoms with Crippen molar-refractivity contribution in [2.24, 2.45) is 24.8 Å². The van der Waals surface area contributed by atoms with Gasteiger partial charge in [0.15, 0.2) is 0 Å². The molecule has 2 saturated heterocycles. The number of nitriles is 1. The smallest absolute Gasteiger partial charge is 0.372 e. The van der Waals surface area contributed by atoms with Crippen LogP contribution in [0.2, 0.25) is 0 Å². The highest BCUT2D eigenvalue weighted by Gasteiger charge is 2.44. The maximum Gasteiger partial charge on any atom is 0.417 e. The maximum absolute atomic E-state index is 13.4. The van der Waals surface area contributed by atoms with Crippen LogP contribution in [0, 0.1) is 29.1 Å². The second kappa shape index (κ2) is 9.64. The topological polar surface area (TPSA) is 81.4 Å². The number of hydrogen-bond donors (Lipinski definition) is 1. The summed E-state index contributed by atoms with van der Waals surface area (Å²) < 4.78 is 41.9. The number of halogens is 3. The van der Waals surface area contributed by atoms with Crippen LogP contribution in [0.4, 0.5) is 18.9 Å². The SMILES string of the molecule is CNC(=O)[C@@H]1CN(C(=O)c2cccn2C)C[C@H]1C1CCN(c2ccc(C#N)c(C(F)(F)F)c2)CC1. The molecule has 2 aliphatic heterocycles. The fourth-order valence-corrected chi connectivity index (χ4v) is 5.43. The Labute approximate surface area is 202 Å². The molecule has 186 valence electrons. The van der Waals surface area contributed by atoms with E-state index in [9.17, 15) is 22.8 Å². The third-order valence-electron chi connectivity index (χ3n) is 7.34. The first-order valence-electron chi connectivity index (χ1n) is 11.6. The van der Waals surface area contributed by atoms with Crippen molar-refractivity contribution in [1.29, 1.82) is 5.26 Å². The van der Waals surface area contributed by atoms with Crippen LogP contribution in [0.25, 0.3) is 0 Å². The lowest BCUT2D eigenvalue weighted by molar-refractivity contribution is -0.137. The van der Waals surface area contributed by atoms with E-state index in [1.807, 2.05) is 4.90 Å². The molecule has 1 aromatic carbocycles. The molecule has 2 amide bonds. The molecule has 0 saturated carbocycles. The summed E-state index contributed by atoms with van der Waals surface area (Å²) in [5.41, 5.74) is -0.314. The van der Waals surface area contributed by atoms with Gasteiger partial charge in [0.2, 0.25) is 5.91 Å². The summed E-state index contributed by atoms with van der Waals surface area (Å²) >= 11 is 0. The van der Waals surface area contributed by atoms with Gasteiger partial charge in [-0.05, 0) is 55.0 Å². The quantitative estimate of drug-likeness (QED) is 0.718. The van der Waals surface area contributed by atoms with E-state index in [0.29, 0.717) is 50.4 Å². The lowest BCUT2D eigenvalue weighted by Gasteiger charge is -2.37. The predicted molar refractivity (Wildman–Crippen MR) is 123 cm³/mol. The summed E-state index contributed by atoms with van der Waals surface area (Å²) in [6.07, 6.45) is -1.39. The minimum absolute atomic E-state index is 0.0204. The van der Waals surface area contributed by atoms with Gasteiger partial charge in [-0.15, -0.1) is 0 Å². The molecule has 0 aliphatic carbocycles. The third kappa shape index (κ3) is 4.85. The van der Waals surface area contributed by atoms with Crippen LogP contribution in [0.3, 0.4) is 0 Å². The van der Waals surface area contributed by atoms with Crippen LogP contribution in [-0.4, -0.2) is 54.5 Å². The van der Waals surface area contributed by atoms with Crippen LogP contribution in [0.15, 0.2) is 36.5 Å². The van der Waals surface area contributed by atoms with Crippen LogP contribution < -0.4 is 10.2 Å². The van der Waals surface area contributed by atoms with Gasteiger partial charge < -0.3 is 19.7 Å². The number of likely N-dealkylation sites (tertiary alicyclic amines) is 1. The first-order valence-corrected chi connectivity index (χ1v) is 11.6. The van der Waals surface area contributed by atoms with Crippen molar-refractivity contribution in [3.05, 3.63) is 53.3 Å². The molecule has 4 rings (SSSR count). The molecular formula is C25H28F3N5O2. The van der Waals surface area contributed by atoms with Gasteiger partial charge in [0.05, 0.1) is 23.1 Å². The number of aromatic nitrogens is 1. The Kier molecular flexibility index (Phi) is 6.79. The van der Waals surface area contributed by atoms with E-state index < -0.39 is 17.3 Å². The van der Waals surface area contributed by atoms with Gasteiger partial charge in [0.1, 0.15) is 5.69 Å². The van der Waals surface area contributed by atoms with Crippen LogP contribution in [0.5, 0.6) is 0 Å². The third-order valence-corrected chi connectivity index (χ3v) is 7.34. The van der Waals surface area contributed by atoms with Gasteiger partial charge in [-0.1, -0.05) is 0 Å². The van der Waals surface area contributed by atoms with Gasteiger partial charge in [-0.3, -0.25) is 9.59 Å². The molecule has 35 heavy (non-hydrogen) atoms. The number of piperidine rings is 1. The molecule has 10 heteroatoms. The molecule has 2 aliphatic rings. The number of nitrogens with one attached hydrogen (secondary N) is 1. The Morgan fingerprint density at radius 1 is 1.14 bits per heavy atom. The maximum atomic E-state index is 13.4.